The molecule has 0 fully saturated rings. The summed E-state index contributed by atoms with van der Waals surface area (Å²) in [5.74, 6) is -0.282. The van der Waals surface area contributed by atoms with Crippen molar-refractivity contribution < 1.29 is 14.6 Å². The van der Waals surface area contributed by atoms with E-state index in [0.717, 1.165) is 36.9 Å². The van der Waals surface area contributed by atoms with Crippen molar-refractivity contribution in [3.63, 3.8) is 0 Å². The smallest absolute Gasteiger partial charge is 0.339 e. The van der Waals surface area contributed by atoms with Crippen LogP contribution >= 0.6 is 15.9 Å². The molecule has 0 saturated heterocycles. The van der Waals surface area contributed by atoms with Crippen LogP contribution in [0.25, 0.3) is 0 Å². The number of aryl methyl sites for hydroxylation is 1. The topological polar surface area (TPSA) is 72.3 Å². The first-order valence-corrected chi connectivity index (χ1v) is 7.48. The second-order valence-corrected chi connectivity index (χ2v) is 5.77. The van der Waals surface area contributed by atoms with E-state index < -0.39 is 5.97 Å². The Labute approximate surface area is 130 Å². The van der Waals surface area contributed by atoms with E-state index in [1.807, 2.05) is 0 Å². The number of ether oxygens (including phenoxy) is 1. The second-order valence-electron chi connectivity index (χ2n) is 4.86. The molecule has 0 unspecified atom stereocenters. The maximum absolute atomic E-state index is 11.3. The highest BCUT2D eigenvalue weighted by Gasteiger charge is 2.19. The van der Waals surface area contributed by atoms with Gasteiger partial charge in [-0.1, -0.05) is 15.9 Å². The minimum absolute atomic E-state index is 0.104. The normalized spacial score (nSPS) is 13.6. The highest BCUT2D eigenvalue weighted by Crippen LogP contribution is 2.32. The van der Waals surface area contributed by atoms with Gasteiger partial charge >= 0.3 is 5.97 Å². The molecule has 0 atom stereocenters. The predicted octanol–water partition coefficient (Wildman–Crippen LogP) is 3.61. The Bertz CT molecular complexity index is 703. The number of rotatable bonds is 3. The molecule has 0 spiro atoms. The number of hydrogen-bond donors (Lipinski definition) is 1. The van der Waals surface area contributed by atoms with Gasteiger partial charge in [0.2, 0.25) is 5.88 Å². The third-order valence-corrected chi connectivity index (χ3v) is 3.96. The monoisotopic (exact) mass is 348 g/mol. The predicted molar refractivity (Wildman–Crippen MR) is 79.8 cm³/mol. The lowest BCUT2D eigenvalue weighted by Crippen LogP contribution is -2.09. The Morgan fingerprint density at radius 2 is 2.05 bits per heavy atom. The molecule has 1 aliphatic rings. The van der Waals surface area contributed by atoms with Gasteiger partial charge < -0.3 is 9.84 Å². The van der Waals surface area contributed by atoms with Gasteiger partial charge in [0, 0.05) is 10.0 Å². The largest absolute Gasteiger partial charge is 0.478 e. The molecule has 0 saturated carbocycles. The zero-order valence-corrected chi connectivity index (χ0v) is 12.8. The molecular formula is C15H13BrN2O3. The molecule has 5 nitrogen and oxygen atoms in total. The fourth-order valence-corrected chi connectivity index (χ4v) is 2.80. The van der Waals surface area contributed by atoms with Crippen molar-refractivity contribution in [2.45, 2.75) is 25.7 Å². The van der Waals surface area contributed by atoms with Gasteiger partial charge in [-0.3, -0.25) is 0 Å². The number of carboxylic acids is 1. The molecule has 108 valence electrons. The minimum atomic E-state index is -1.03. The van der Waals surface area contributed by atoms with Gasteiger partial charge in [0.15, 0.2) is 0 Å². The first-order chi connectivity index (χ1) is 10.1. The van der Waals surface area contributed by atoms with Gasteiger partial charge in [0.25, 0.3) is 0 Å². The molecule has 1 N–H and O–H groups in total. The summed E-state index contributed by atoms with van der Waals surface area (Å²) in [5.41, 5.74) is 2.09. The van der Waals surface area contributed by atoms with Crippen molar-refractivity contribution in [3.05, 3.63) is 45.8 Å². The molecule has 6 heteroatoms. The van der Waals surface area contributed by atoms with E-state index in [2.05, 4.69) is 25.9 Å². The van der Waals surface area contributed by atoms with Crippen LogP contribution in [-0.4, -0.2) is 21.0 Å². The number of nitrogens with zero attached hydrogens (tertiary/aromatic N) is 2. The van der Waals surface area contributed by atoms with Crippen LogP contribution in [0.5, 0.6) is 11.6 Å². The number of carboxylic acid groups (broad SMARTS) is 1. The second kappa shape index (κ2) is 5.81. The first-order valence-electron chi connectivity index (χ1n) is 6.68. The fraction of sp³-hybridized carbons (Fsp3) is 0.267. The maximum Gasteiger partial charge on any atom is 0.339 e. The lowest BCUT2D eigenvalue weighted by atomic mass is 9.97. The Hall–Kier alpha value is -1.95. The quantitative estimate of drug-likeness (QED) is 0.917. The highest BCUT2D eigenvalue weighted by molar-refractivity contribution is 9.10. The molecule has 0 amide bonds. The third-order valence-electron chi connectivity index (χ3n) is 3.46. The summed E-state index contributed by atoms with van der Waals surface area (Å²) in [4.78, 5) is 19.8. The minimum Gasteiger partial charge on any atom is -0.478 e. The Morgan fingerprint density at radius 1 is 1.24 bits per heavy atom. The van der Waals surface area contributed by atoms with Crippen molar-refractivity contribution in [2.24, 2.45) is 0 Å². The van der Waals surface area contributed by atoms with Crippen LogP contribution in [-0.2, 0) is 12.8 Å². The summed E-state index contributed by atoms with van der Waals surface area (Å²) in [7, 11) is 0. The molecule has 0 radical (unpaired) electrons. The van der Waals surface area contributed by atoms with Crippen LogP contribution < -0.4 is 4.74 Å². The Morgan fingerprint density at radius 3 is 2.86 bits per heavy atom. The average Bonchev–Trinajstić information content (AvgIpc) is 2.49. The van der Waals surface area contributed by atoms with Crippen molar-refractivity contribution in [3.8, 4) is 11.6 Å². The number of carbonyl (C=O) groups is 1. The molecular weight excluding hydrogens is 336 g/mol. The van der Waals surface area contributed by atoms with Crippen molar-refractivity contribution in [1.29, 1.82) is 0 Å². The Balaban J connectivity index is 2.00. The summed E-state index contributed by atoms with van der Waals surface area (Å²) >= 11 is 3.27. The van der Waals surface area contributed by atoms with E-state index in [-0.39, 0.29) is 11.3 Å². The highest BCUT2D eigenvalue weighted by atomic mass is 79.9. The van der Waals surface area contributed by atoms with Gasteiger partial charge in [-0.15, -0.1) is 0 Å². The standard InChI is InChI=1S/C15H13BrN2O3/c16-9-5-6-13(11(7-9)15(19)20)21-14-10-3-1-2-4-12(10)17-8-18-14/h5-8H,1-4H2,(H,19,20). The molecule has 1 heterocycles. The van der Waals surface area contributed by atoms with Gasteiger partial charge in [-0.05, 0) is 43.9 Å². The van der Waals surface area contributed by atoms with Gasteiger partial charge in [-0.25, -0.2) is 14.8 Å². The lowest BCUT2D eigenvalue weighted by Gasteiger charge is -2.17. The summed E-state index contributed by atoms with van der Waals surface area (Å²) in [5, 5.41) is 9.27. The molecule has 1 aromatic carbocycles. The Kier molecular flexibility index (Phi) is 3.88. The van der Waals surface area contributed by atoms with E-state index in [4.69, 9.17) is 4.74 Å². The molecule has 0 bridgehead atoms. The summed E-state index contributed by atoms with van der Waals surface area (Å²) in [6.07, 6.45) is 5.44. The van der Waals surface area contributed by atoms with Gasteiger partial charge in [-0.2, -0.15) is 0 Å². The van der Waals surface area contributed by atoms with Crippen molar-refractivity contribution >= 4 is 21.9 Å². The number of benzene rings is 1. The first kappa shape index (κ1) is 14.0. The van der Waals surface area contributed by atoms with Crippen LogP contribution in [0.4, 0.5) is 0 Å². The zero-order chi connectivity index (χ0) is 14.8. The molecule has 1 aliphatic carbocycles. The van der Waals surface area contributed by atoms with Gasteiger partial charge in [0.1, 0.15) is 17.6 Å². The number of aromatic carboxylic acids is 1. The van der Waals surface area contributed by atoms with Crippen LogP contribution in [0.1, 0.15) is 34.5 Å². The molecule has 1 aromatic heterocycles. The molecule has 3 rings (SSSR count). The van der Waals surface area contributed by atoms with Crippen molar-refractivity contribution in [2.75, 3.05) is 0 Å². The lowest BCUT2D eigenvalue weighted by molar-refractivity contribution is 0.0694. The number of halogens is 1. The van der Waals surface area contributed by atoms with E-state index in [1.54, 1.807) is 12.1 Å². The number of fused-ring (bicyclic) bond motifs is 1. The third kappa shape index (κ3) is 2.90. The van der Waals surface area contributed by atoms with E-state index in [9.17, 15) is 9.90 Å². The summed E-state index contributed by atoms with van der Waals surface area (Å²) in [6, 6.07) is 4.89. The molecule has 21 heavy (non-hydrogen) atoms. The van der Waals surface area contributed by atoms with E-state index in [1.165, 1.54) is 12.4 Å². The van der Waals surface area contributed by atoms with Crippen LogP contribution in [0.15, 0.2) is 29.0 Å². The average molecular weight is 349 g/mol. The van der Waals surface area contributed by atoms with E-state index >= 15 is 0 Å². The number of aromatic nitrogens is 2. The SMILES string of the molecule is O=C(O)c1cc(Br)ccc1Oc1ncnc2c1CCCC2. The van der Waals surface area contributed by atoms with Crippen molar-refractivity contribution in [1.82, 2.24) is 9.97 Å². The summed E-state index contributed by atoms with van der Waals surface area (Å²) in [6.45, 7) is 0. The molecule has 2 aromatic rings. The zero-order valence-electron chi connectivity index (χ0n) is 11.2. The van der Waals surface area contributed by atoms with E-state index in [0.29, 0.717) is 10.4 Å². The van der Waals surface area contributed by atoms with Crippen LogP contribution in [0.3, 0.4) is 0 Å². The fourth-order valence-electron chi connectivity index (χ4n) is 2.44. The van der Waals surface area contributed by atoms with Crippen LogP contribution in [0, 0.1) is 0 Å². The summed E-state index contributed by atoms with van der Waals surface area (Å²) < 4.78 is 6.46. The number of hydrogen-bond acceptors (Lipinski definition) is 4. The molecule has 0 aliphatic heterocycles. The maximum atomic E-state index is 11.3. The van der Waals surface area contributed by atoms with Crippen LogP contribution in [0.2, 0.25) is 0 Å². The van der Waals surface area contributed by atoms with Gasteiger partial charge in [0.05, 0.1) is 5.69 Å².